The standard InChI is InChI=1S/C15H15BrN2S/c1-3-5-6-7-12(4-2)19-14-10-18-15-13(14)8-11(16)9-17-15/h3-4,6-10H,1,5H2,2H3,(H,17,18)/b7-6-,12-4+. The van der Waals surface area contributed by atoms with E-state index in [1.54, 1.807) is 18.0 Å². The number of H-pyrrole nitrogens is 1. The quantitative estimate of drug-likeness (QED) is 0.447. The molecule has 19 heavy (non-hydrogen) atoms. The first-order valence-electron chi connectivity index (χ1n) is 5.99. The normalized spacial score (nSPS) is 12.4. The van der Waals surface area contributed by atoms with Gasteiger partial charge >= 0.3 is 0 Å². The first-order chi connectivity index (χ1) is 9.24. The van der Waals surface area contributed by atoms with Crippen LogP contribution in [0.3, 0.4) is 0 Å². The molecule has 0 aliphatic rings. The Labute approximate surface area is 125 Å². The molecule has 2 heterocycles. The molecule has 0 saturated carbocycles. The number of nitrogens with zero attached hydrogens (tertiary/aromatic N) is 1. The maximum Gasteiger partial charge on any atom is 0.138 e. The van der Waals surface area contributed by atoms with Crippen LogP contribution < -0.4 is 0 Å². The van der Waals surface area contributed by atoms with Gasteiger partial charge in [-0.2, -0.15) is 0 Å². The van der Waals surface area contributed by atoms with Crippen LogP contribution in [-0.2, 0) is 0 Å². The highest BCUT2D eigenvalue weighted by molar-refractivity contribution is 9.10. The number of thioether (sulfide) groups is 1. The second-order valence-electron chi connectivity index (χ2n) is 3.92. The molecule has 0 saturated heterocycles. The zero-order valence-electron chi connectivity index (χ0n) is 10.7. The molecule has 4 heteroatoms. The van der Waals surface area contributed by atoms with Gasteiger partial charge in [-0.1, -0.05) is 36.1 Å². The molecule has 2 aromatic heterocycles. The van der Waals surface area contributed by atoms with Crippen LogP contribution in [0.25, 0.3) is 11.0 Å². The summed E-state index contributed by atoms with van der Waals surface area (Å²) in [4.78, 5) is 9.93. The largest absolute Gasteiger partial charge is 0.345 e. The first kappa shape index (κ1) is 14.2. The zero-order chi connectivity index (χ0) is 13.7. The third-order valence-corrected chi connectivity index (χ3v) is 4.16. The highest BCUT2D eigenvalue weighted by Gasteiger charge is 2.06. The van der Waals surface area contributed by atoms with Crippen molar-refractivity contribution in [1.29, 1.82) is 0 Å². The van der Waals surface area contributed by atoms with Crippen molar-refractivity contribution in [2.45, 2.75) is 18.2 Å². The van der Waals surface area contributed by atoms with E-state index in [-0.39, 0.29) is 0 Å². The van der Waals surface area contributed by atoms with Crippen LogP contribution in [0.5, 0.6) is 0 Å². The molecule has 2 aromatic rings. The molecule has 0 aliphatic carbocycles. The van der Waals surface area contributed by atoms with Gasteiger partial charge in [0.2, 0.25) is 0 Å². The second kappa shape index (κ2) is 6.78. The molecular formula is C15H15BrN2S. The SMILES string of the molecule is C=CC/C=C\C(=C/C)Sc1c[nH]c2ncc(Br)cc12. The molecule has 0 radical (unpaired) electrons. The number of allylic oxidation sites excluding steroid dienone is 4. The van der Waals surface area contributed by atoms with Crippen molar-refractivity contribution in [3.8, 4) is 0 Å². The predicted molar refractivity (Wildman–Crippen MR) is 87.4 cm³/mol. The lowest BCUT2D eigenvalue weighted by molar-refractivity contribution is 1.31. The maximum atomic E-state index is 4.34. The van der Waals surface area contributed by atoms with Crippen LogP contribution in [0, 0.1) is 0 Å². The zero-order valence-corrected chi connectivity index (χ0v) is 13.1. The Morgan fingerprint density at radius 3 is 3.16 bits per heavy atom. The molecule has 0 aromatic carbocycles. The number of aromatic nitrogens is 2. The minimum absolute atomic E-state index is 0.888. The molecule has 2 nitrogen and oxygen atoms in total. The number of rotatable bonds is 5. The van der Waals surface area contributed by atoms with Crippen LogP contribution in [0.1, 0.15) is 13.3 Å². The van der Waals surface area contributed by atoms with E-state index < -0.39 is 0 Å². The van der Waals surface area contributed by atoms with Crippen molar-refractivity contribution in [2.24, 2.45) is 0 Å². The molecule has 0 unspecified atom stereocenters. The maximum absolute atomic E-state index is 4.34. The summed E-state index contributed by atoms with van der Waals surface area (Å²) >= 11 is 5.19. The Morgan fingerprint density at radius 2 is 2.42 bits per heavy atom. The fourth-order valence-corrected chi connectivity index (χ4v) is 2.89. The first-order valence-corrected chi connectivity index (χ1v) is 7.59. The van der Waals surface area contributed by atoms with Crippen molar-refractivity contribution < 1.29 is 0 Å². The van der Waals surface area contributed by atoms with Gasteiger partial charge in [-0.15, -0.1) is 6.58 Å². The van der Waals surface area contributed by atoms with Gasteiger partial charge in [0.05, 0.1) is 0 Å². The molecule has 0 atom stereocenters. The van der Waals surface area contributed by atoms with Crippen LogP contribution in [0.4, 0.5) is 0 Å². The Kier molecular flexibility index (Phi) is 5.05. The summed E-state index contributed by atoms with van der Waals surface area (Å²) in [6.07, 6.45) is 12.9. The predicted octanol–water partition coefficient (Wildman–Crippen LogP) is 5.45. The topological polar surface area (TPSA) is 28.7 Å². The van der Waals surface area contributed by atoms with Crippen molar-refractivity contribution >= 4 is 38.7 Å². The third-order valence-electron chi connectivity index (χ3n) is 2.56. The van der Waals surface area contributed by atoms with E-state index in [0.717, 1.165) is 21.9 Å². The van der Waals surface area contributed by atoms with Crippen molar-refractivity contribution in [2.75, 3.05) is 0 Å². The van der Waals surface area contributed by atoms with Crippen molar-refractivity contribution in [3.63, 3.8) is 0 Å². The van der Waals surface area contributed by atoms with E-state index in [1.165, 1.54) is 9.80 Å². The molecule has 2 rings (SSSR count). The Bertz CT molecular complexity index is 641. The van der Waals surface area contributed by atoms with E-state index in [9.17, 15) is 0 Å². The molecule has 1 N–H and O–H groups in total. The molecule has 0 spiro atoms. The number of fused-ring (bicyclic) bond motifs is 1. The summed E-state index contributed by atoms with van der Waals surface area (Å²) in [7, 11) is 0. The lowest BCUT2D eigenvalue weighted by atomic mass is 10.3. The van der Waals surface area contributed by atoms with Gasteiger partial charge in [0.15, 0.2) is 0 Å². The lowest BCUT2D eigenvalue weighted by Crippen LogP contribution is -1.76. The number of hydrogen-bond donors (Lipinski definition) is 1. The third kappa shape index (κ3) is 3.61. The second-order valence-corrected chi connectivity index (χ2v) is 5.95. The lowest BCUT2D eigenvalue weighted by Gasteiger charge is -2.00. The Hall–Kier alpha value is -1.26. The fraction of sp³-hybridized carbons (Fsp3) is 0.133. The summed E-state index contributed by atoms with van der Waals surface area (Å²) in [5.41, 5.74) is 0.913. The Balaban J connectivity index is 2.25. The van der Waals surface area contributed by atoms with Gasteiger partial charge in [-0.05, 0) is 35.3 Å². The van der Waals surface area contributed by atoms with E-state index in [4.69, 9.17) is 0 Å². The van der Waals surface area contributed by atoms with Gasteiger partial charge in [0, 0.05) is 32.1 Å². The van der Waals surface area contributed by atoms with Crippen molar-refractivity contribution in [3.05, 3.63) is 58.7 Å². The minimum atomic E-state index is 0.888. The molecule has 0 fully saturated rings. The molecule has 98 valence electrons. The fourth-order valence-electron chi connectivity index (χ4n) is 1.63. The summed E-state index contributed by atoms with van der Waals surface area (Å²) in [5, 5.41) is 1.14. The summed E-state index contributed by atoms with van der Waals surface area (Å²) < 4.78 is 0.991. The van der Waals surface area contributed by atoms with Gasteiger partial charge in [0.1, 0.15) is 5.65 Å². The highest BCUT2D eigenvalue weighted by Crippen LogP contribution is 2.34. The minimum Gasteiger partial charge on any atom is -0.345 e. The number of pyridine rings is 1. The number of hydrogen-bond acceptors (Lipinski definition) is 2. The molecule has 0 bridgehead atoms. The average Bonchev–Trinajstić information content (AvgIpc) is 2.80. The Morgan fingerprint density at radius 1 is 1.58 bits per heavy atom. The number of nitrogens with one attached hydrogen (secondary N) is 1. The van der Waals surface area contributed by atoms with Crippen LogP contribution in [0.2, 0.25) is 0 Å². The summed E-state index contributed by atoms with van der Waals surface area (Å²) in [5.74, 6) is 0. The molecular weight excluding hydrogens is 320 g/mol. The van der Waals surface area contributed by atoms with E-state index >= 15 is 0 Å². The summed E-state index contributed by atoms with van der Waals surface area (Å²) in [6, 6.07) is 2.09. The highest BCUT2D eigenvalue weighted by atomic mass is 79.9. The van der Waals surface area contributed by atoms with E-state index in [1.807, 2.05) is 19.2 Å². The van der Waals surface area contributed by atoms with Crippen LogP contribution in [0.15, 0.2) is 63.6 Å². The monoisotopic (exact) mass is 334 g/mol. The van der Waals surface area contributed by atoms with Crippen LogP contribution in [-0.4, -0.2) is 9.97 Å². The average molecular weight is 335 g/mol. The van der Waals surface area contributed by atoms with Gasteiger partial charge in [0.25, 0.3) is 0 Å². The van der Waals surface area contributed by atoms with Gasteiger partial charge < -0.3 is 4.98 Å². The van der Waals surface area contributed by atoms with E-state index in [0.29, 0.717) is 0 Å². The summed E-state index contributed by atoms with van der Waals surface area (Å²) in [6.45, 7) is 5.76. The van der Waals surface area contributed by atoms with Crippen LogP contribution >= 0.6 is 27.7 Å². The smallest absolute Gasteiger partial charge is 0.138 e. The molecule has 0 amide bonds. The van der Waals surface area contributed by atoms with E-state index in [2.05, 4.69) is 56.8 Å². The number of halogens is 1. The van der Waals surface area contributed by atoms with Gasteiger partial charge in [-0.25, -0.2) is 4.98 Å². The number of aromatic amines is 1. The molecule has 0 aliphatic heterocycles. The van der Waals surface area contributed by atoms with Gasteiger partial charge in [-0.3, -0.25) is 0 Å². The van der Waals surface area contributed by atoms with Crippen molar-refractivity contribution in [1.82, 2.24) is 9.97 Å².